The molecular formula is C20H24BrNO2. The topological polar surface area (TPSA) is 21.7 Å². The van der Waals surface area contributed by atoms with E-state index in [2.05, 4.69) is 58.1 Å². The molecule has 0 bridgehead atoms. The van der Waals surface area contributed by atoms with E-state index in [0.717, 1.165) is 42.9 Å². The van der Waals surface area contributed by atoms with Crippen molar-refractivity contribution in [3.05, 3.63) is 64.1 Å². The molecule has 0 spiro atoms. The van der Waals surface area contributed by atoms with Crippen molar-refractivity contribution in [1.82, 2.24) is 4.90 Å². The molecule has 1 aliphatic heterocycles. The summed E-state index contributed by atoms with van der Waals surface area (Å²) in [5.74, 6) is 0.891. The Hall–Kier alpha value is -1.36. The van der Waals surface area contributed by atoms with Crippen molar-refractivity contribution in [2.24, 2.45) is 0 Å². The van der Waals surface area contributed by atoms with Gasteiger partial charge in [-0.15, -0.1) is 0 Å². The third kappa shape index (κ3) is 5.07. The van der Waals surface area contributed by atoms with Gasteiger partial charge in [-0.25, -0.2) is 0 Å². The standard InChI is InChI=1S/C20H24BrNO2/c1-16-14-22(11-12-23-16)10-9-17-7-8-20(19(21)13-17)24-15-18-5-3-2-4-6-18/h2-8,13,16H,9-12,14-15H2,1H3/t16-/m0/s1. The van der Waals surface area contributed by atoms with Crippen molar-refractivity contribution in [3.63, 3.8) is 0 Å². The van der Waals surface area contributed by atoms with Crippen molar-refractivity contribution in [2.45, 2.75) is 26.1 Å². The third-order valence-electron chi connectivity index (χ3n) is 4.28. The fourth-order valence-electron chi connectivity index (χ4n) is 2.93. The second-order valence-electron chi connectivity index (χ2n) is 6.27. The van der Waals surface area contributed by atoms with Crippen molar-refractivity contribution >= 4 is 15.9 Å². The molecule has 128 valence electrons. The normalized spacial score (nSPS) is 18.5. The molecule has 1 heterocycles. The first-order chi connectivity index (χ1) is 11.7. The lowest BCUT2D eigenvalue weighted by Crippen LogP contribution is -2.41. The van der Waals surface area contributed by atoms with Crippen LogP contribution >= 0.6 is 15.9 Å². The first-order valence-corrected chi connectivity index (χ1v) is 9.29. The number of morpholine rings is 1. The number of rotatable bonds is 6. The number of benzene rings is 2. The Kier molecular flexibility index (Phi) is 6.30. The van der Waals surface area contributed by atoms with Crippen LogP contribution in [0.5, 0.6) is 5.75 Å². The Morgan fingerprint density at radius 2 is 2.00 bits per heavy atom. The van der Waals surface area contributed by atoms with Gasteiger partial charge in [-0.05, 0) is 52.5 Å². The number of ether oxygens (including phenoxy) is 2. The lowest BCUT2D eigenvalue weighted by atomic mass is 10.1. The van der Waals surface area contributed by atoms with Crippen molar-refractivity contribution in [3.8, 4) is 5.75 Å². The first-order valence-electron chi connectivity index (χ1n) is 8.50. The predicted octanol–water partition coefficient (Wildman–Crippen LogP) is 4.29. The molecule has 0 aliphatic carbocycles. The van der Waals surface area contributed by atoms with E-state index in [1.165, 1.54) is 11.1 Å². The number of nitrogens with zero attached hydrogens (tertiary/aromatic N) is 1. The van der Waals surface area contributed by atoms with Crippen molar-refractivity contribution in [2.75, 3.05) is 26.2 Å². The maximum absolute atomic E-state index is 5.91. The van der Waals surface area contributed by atoms with E-state index in [1.54, 1.807) is 0 Å². The number of hydrogen-bond acceptors (Lipinski definition) is 3. The second-order valence-corrected chi connectivity index (χ2v) is 7.13. The van der Waals surface area contributed by atoms with Gasteiger partial charge in [-0.1, -0.05) is 36.4 Å². The van der Waals surface area contributed by atoms with Crippen molar-refractivity contribution < 1.29 is 9.47 Å². The summed E-state index contributed by atoms with van der Waals surface area (Å²) in [6.07, 6.45) is 1.39. The Morgan fingerprint density at radius 3 is 2.75 bits per heavy atom. The molecule has 1 fully saturated rings. The molecule has 1 aliphatic rings. The molecule has 0 amide bonds. The fraction of sp³-hybridized carbons (Fsp3) is 0.400. The van der Waals surface area contributed by atoms with Gasteiger partial charge in [0.05, 0.1) is 17.2 Å². The average molecular weight is 390 g/mol. The minimum absolute atomic E-state index is 0.347. The monoisotopic (exact) mass is 389 g/mol. The van der Waals surface area contributed by atoms with Crippen LogP contribution in [0.1, 0.15) is 18.1 Å². The molecule has 1 saturated heterocycles. The SMILES string of the molecule is C[C@H]1CN(CCc2ccc(OCc3ccccc3)c(Br)c2)CCO1. The molecule has 3 rings (SSSR count). The van der Waals surface area contributed by atoms with E-state index in [4.69, 9.17) is 9.47 Å². The molecule has 0 aromatic heterocycles. The summed E-state index contributed by atoms with van der Waals surface area (Å²) in [6, 6.07) is 16.6. The largest absolute Gasteiger partial charge is 0.488 e. The predicted molar refractivity (Wildman–Crippen MR) is 100 cm³/mol. The smallest absolute Gasteiger partial charge is 0.134 e. The van der Waals surface area contributed by atoms with E-state index < -0.39 is 0 Å². The number of halogens is 1. The highest BCUT2D eigenvalue weighted by atomic mass is 79.9. The molecule has 0 unspecified atom stereocenters. The van der Waals surface area contributed by atoms with Gasteiger partial charge in [-0.2, -0.15) is 0 Å². The summed E-state index contributed by atoms with van der Waals surface area (Å²) in [5.41, 5.74) is 2.50. The Morgan fingerprint density at radius 1 is 1.17 bits per heavy atom. The van der Waals surface area contributed by atoms with E-state index in [1.807, 2.05) is 18.2 Å². The van der Waals surface area contributed by atoms with Crippen LogP contribution in [0.2, 0.25) is 0 Å². The molecule has 4 heteroatoms. The van der Waals surface area contributed by atoms with Gasteiger partial charge < -0.3 is 9.47 Å². The minimum atomic E-state index is 0.347. The van der Waals surface area contributed by atoms with Gasteiger partial charge in [0.2, 0.25) is 0 Å². The summed E-state index contributed by atoms with van der Waals surface area (Å²) in [7, 11) is 0. The van der Waals surface area contributed by atoms with Crippen LogP contribution < -0.4 is 4.74 Å². The second kappa shape index (κ2) is 8.65. The Balaban J connectivity index is 1.52. The van der Waals surface area contributed by atoms with E-state index in [-0.39, 0.29) is 0 Å². The van der Waals surface area contributed by atoms with Gasteiger partial charge in [0.25, 0.3) is 0 Å². The van der Waals surface area contributed by atoms with Crippen LogP contribution in [-0.4, -0.2) is 37.2 Å². The lowest BCUT2D eigenvalue weighted by Gasteiger charge is -2.31. The molecule has 0 N–H and O–H groups in total. The maximum atomic E-state index is 5.91. The van der Waals surface area contributed by atoms with Crippen LogP contribution in [0.4, 0.5) is 0 Å². The number of hydrogen-bond donors (Lipinski definition) is 0. The van der Waals surface area contributed by atoms with E-state index in [9.17, 15) is 0 Å². The zero-order chi connectivity index (χ0) is 16.8. The van der Waals surface area contributed by atoms with Crippen LogP contribution in [0.15, 0.2) is 53.0 Å². The first kappa shape index (κ1) is 17.5. The van der Waals surface area contributed by atoms with Gasteiger partial charge in [0.1, 0.15) is 12.4 Å². The lowest BCUT2D eigenvalue weighted by molar-refractivity contribution is -0.0177. The summed E-state index contributed by atoms with van der Waals surface area (Å²) in [5, 5.41) is 0. The van der Waals surface area contributed by atoms with Crippen LogP contribution in [-0.2, 0) is 17.8 Å². The molecule has 2 aromatic carbocycles. The van der Waals surface area contributed by atoms with Gasteiger partial charge >= 0.3 is 0 Å². The minimum Gasteiger partial charge on any atom is -0.488 e. The van der Waals surface area contributed by atoms with Gasteiger partial charge in [-0.3, -0.25) is 4.90 Å². The highest BCUT2D eigenvalue weighted by Gasteiger charge is 2.16. The highest BCUT2D eigenvalue weighted by Crippen LogP contribution is 2.27. The Labute approximate surface area is 152 Å². The van der Waals surface area contributed by atoms with Crippen molar-refractivity contribution in [1.29, 1.82) is 0 Å². The zero-order valence-electron chi connectivity index (χ0n) is 14.1. The van der Waals surface area contributed by atoms with Crippen LogP contribution in [0.25, 0.3) is 0 Å². The van der Waals surface area contributed by atoms with Gasteiger partial charge in [0.15, 0.2) is 0 Å². The molecule has 0 radical (unpaired) electrons. The van der Waals surface area contributed by atoms with E-state index >= 15 is 0 Å². The summed E-state index contributed by atoms with van der Waals surface area (Å²) in [4.78, 5) is 2.47. The van der Waals surface area contributed by atoms with Gasteiger partial charge in [0, 0.05) is 19.6 Å². The molecule has 0 saturated carbocycles. The zero-order valence-corrected chi connectivity index (χ0v) is 15.7. The average Bonchev–Trinajstić information content (AvgIpc) is 2.60. The maximum Gasteiger partial charge on any atom is 0.134 e. The molecule has 3 nitrogen and oxygen atoms in total. The summed E-state index contributed by atoms with van der Waals surface area (Å²) < 4.78 is 12.5. The summed E-state index contributed by atoms with van der Waals surface area (Å²) >= 11 is 3.64. The fourth-order valence-corrected chi connectivity index (χ4v) is 3.47. The summed E-state index contributed by atoms with van der Waals surface area (Å²) in [6.45, 7) is 6.71. The molecule has 24 heavy (non-hydrogen) atoms. The molecular weight excluding hydrogens is 366 g/mol. The third-order valence-corrected chi connectivity index (χ3v) is 4.90. The van der Waals surface area contributed by atoms with Crippen LogP contribution in [0.3, 0.4) is 0 Å². The quantitative estimate of drug-likeness (QED) is 0.735. The molecule has 1 atom stereocenters. The highest BCUT2D eigenvalue weighted by molar-refractivity contribution is 9.10. The Bertz CT molecular complexity index is 647. The van der Waals surface area contributed by atoms with E-state index in [0.29, 0.717) is 12.7 Å². The molecule has 2 aromatic rings. The van der Waals surface area contributed by atoms with Crippen LogP contribution in [0, 0.1) is 0 Å².